The van der Waals surface area contributed by atoms with Crippen molar-refractivity contribution >= 4 is 5.78 Å². The first kappa shape index (κ1) is 13.3. The Hall–Kier alpha value is -1.16. The average molecular weight is 249 g/mol. The second-order valence-corrected chi connectivity index (χ2v) is 5.33. The second kappa shape index (κ2) is 5.65. The summed E-state index contributed by atoms with van der Waals surface area (Å²) in [6.45, 7) is 4.03. The molecule has 0 aromatic carbocycles. The van der Waals surface area contributed by atoms with Gasteiger partial charge in [-0.3, -0.25) is 9.48 Å². The number of aromatic nitrogens is 2. The van der Waals surface area contributed by atoms with Crippen LogP contribution in [0, 0.1) is 6.92 Å². The van der Waals surface area contributed by atoms with Gasteiger partial charge in [0.05, 0.1) is 17.8 Å². The minimum Gasteiger partial charge on any atom is -0.328 e. The third-order valence-corrected chi connectivity index (χ3v) is 3.91. The van der Waals surface area contributed by atoms with Crippen molar-refractivity contribution < 1.29 is 4.79 Å². The molecule has 0 saturated heterocycles. The molecule has 0 amide bonds. The summed E-state index contributed by atoms with van der Waals surface area (Å²) in [5, 5.41) is 4.42. The number of nitrogens with two attached hydrogens (primary N) is 1. The van der Waals surface area contributed by atoms with E-state index >= 15 is 0 Å². The Kier molecular flexibility index (Phi) is 4.17. The molecule has 1 aromatic rings. The van der Waals surface area contributed by atoms with E-state index in [1.54, 1.807) is 6.20 Å². The molecule has 0 atom stereocenters. The van der Waals surface area contributed by atoms with Gasteiger partial charge >= 0.3 is 0 Å². The Bertz CT molecular complexity index is 417. The summed E-state index contributed by atoms with van der Waals surface area (Å²) in [4.78, 5) is 11.9. The highest BCUT2D eigenvalue weighted by Gasteiger charge is 2.23. The molecule has 0 radical (unpaired) electrons. The van der Waals surface area contributed by atoms with E-state index in [0.717, 1.165) is 43.4 Å². The van der Waals surface area contributed by atoms with Crippen LogP contribution in [-0.2, 0) is 0 Å². The molecule has 1 aliphatic carbocycles. The Morgan fingerprint density at radius 1 is 1.44 bits per heavy atom. The maximum atomic E-state index is 11.9. The standard InChI is InChI=1S/C14H23N3O/c1-3-4-14(18)13-9-16-17(10(13)2)12-7-5-11(15)6-8-12/h9,11-12H,3-8,15H2,1-2H3. The number of carbonyl (C=O) groups excluding carboxylic acids is 1. The van der Waals surface area contributed by atoms with Gasteiger partial charge in [0.2, 0.25) is 0 Å². The van der Waals surface area contributed by atoms with Crippen molar-refractivity contribution in [2.45, 2.75) is 64.5 Å². The quantitative estimate of drug-likeness (QED) is 0.834. The van der Waals surface area contributed by atoms with E-state index in [-0.39, 0.29) is 5.78 Å². The molecule has 100 valence electrons. The molecule has 1 heterocycles. The van der Waals surface area contributed by atoms with Crippen LogP contribution in [0.5, 0.6) is 0 Å². The van der Waals surface area contributed by atoms with Crippen LogP contribution in [0.25, 0.3) is 0 Å². The van der Waals surface area contributed by atoms with Gasteiger partial charge in [-0.25, -0.2) is 0 Å². The van der Waals surface area contributed by atoms with Crippen LogP contribution in [0.4, 0.5) is 0 Å². The second-order valence-electron chi connectivity index (χ2n) is 5.33. The van der Waals surface area contributed by atoms with E-state index < -0.39 is 0 Å². The van der Waals surface area contributed by atoms with Crippen molar-refractivity contribution in [3.8, 4) is 0 Å². The van der Waals surface area contributed by atoms with Crippen LogP contribution < -0.4 is 5.73 Å². The number of hydrogen-bond donors (Lipinski definition) is 1. The maximum Gasteiger partial charge on any atom is 0.166 e. The third kappa shape index (κ3) is 2.64. The van der Waals surface area contributed by atoms with Crippen LogP contribution in [0.3, 0.4) is 0 Å². The van der Waals surface area contributed by atoms with Crippen molar-refractivity contribution in [2.75, 3.05) is 0 Å². The highest BCUT2D eigenvalue weighted by molar-refractivity contribution is 5.96. The largest absolute Gasteiger partial charge is 0.328 e. The van der Waals surface area contributed by atoms with Gasteiger partial charge in [-0.05, 0) is 39.0 Å². The van der Waals surface area contributed by atoms with Gasteiger partial charge in [-0.15, -0.1) is 0 Å². The predicted octanol–water partition coefficient (Wildman–Crippen LogP) is 2.62. The zero-order valence-corrected chi connectivity index (χ0v) is 11.4. The average Bonchev–Trinajstić information content (AvgIpc) is 2.73. The Balaban J connectivity index is 2.13. The van der Waals surface area contributed by atoms with Crippen LogP contribution in [0.1, 0.15) is 67.5 Å². The highest BCUT2D eigenvalue weighted by Crippen LogP contribution is 2.29. The molecule has 0 aliphatic heterocycles. The van der Waals surface area contributed by atoms with Gasteiger partial charge in [-0.1, -0.05) is 6.92 Å². The number of carbonyl (C=O) groups is 1. The molecule has 18 heavy (non-hydrogen) atoms. The van der Waals surface area contributed by atoms with E-state index in [1.807, 2.05) is 18.5 Å². The van der Waals surface area contributed by atoms with Crippen LogP contribution in [-0.4, -0.2) is 21.6 Å². The van der Waals surface area contributed by atoms with Crippen molar-refractivity contribution in [2.24, 2.45) is 5.73 Å². The molecular weight excluding hydrogens is 226 g/mol. The lowest BCUT2D eigenvalue weighted by Gasteiger charge is -2.27. The van der Waals surface area contributed by atoms with Gasteiger partial charge in [0.15, 0.2) is 5.78 Å². The van der Waals surface area contributed by atoms with E-state index in [4.69, 9.17) is 5.73 Å². The van der Waals surface area contributed by atoms with E-state index in [0.29, 0.717) is 18.5 Å². The summed E-state index contributed by atoms with van der Waals surface area (Å²) in [6.07, 6.45) is 7.51. The minimum absolute atomic E-state index is 0.216. The molecule has 4 nitrogen and oxygen atoms in total. The Labute approximate surface area is 109 Å². The molecule has 1 fully saturated rings. The predicted molar refractivity (Wildman–Crippen MR) is 71.7 cm³/mol. The fourth-order valence-corrected chi connectivity index (χ4v) is 2.77. The van der Waals surface area contributed by atoms with Gasteiger partial charge in [0.25, 0.3) is 0 Å². The fraction of sp³-hybridized carbons (Fsp3) is 0.714. The smallest absolute Gasteiger partial charge is 0.166 e. The molecule has 1 aromatic heterocycles. The molecule has 0 spiro atoms. The topological polar surface area (TPSA) is 60.9 Å². The SMILES string of the molecule is CCCC(=O)c1cnn(C2CCC(N)CC2)c1C. The maximum absolute atomic E-state index is 11.9. The highest BCUT2D eigenvalue weighted by atomic mass is 16.1. The first-order valence-electron chi connectivity index (χ1n) is 6.96. The summed E-state index contributed by atoms with van der Waals surface area (Å²) in [5.41, 5.74) is 7.74. The lowest BCUT2D eigenvalue weighted by atomic mass is 9.92. The normalized spacial score (nSPS) is 24.2. The number of hydrogen-bond acceptors (Lipinski definition) is 3. The van der Waals surface area contributed by atoms with Gasteiger partial charge < -0.3 is 5.73 Å². The molecule has 2 N–H and O–H groups in total. The van der Waals surface area contributed by atoms with Gasteiger partial charge in [-0.2, -0.15) is 5.10 Å². The van der Waals surface area contributed by atoms with E-state index in [2.05, 4.69) is 5.10 Å². The van der Waals surface area contributed by atoms with E-state index in [1.165, 1.54) is 0 Å². The fourth-order valence-electron chi connectivity index (χ4n) is 2.77. The Morgan fingerprint density at radius 2 is 2.11 bits per heavy atom. The monoisotopic (exact) mass is 249 g/mol. The van der Waals surface area contributed by atoms with Crippen molar-refractivity contribution in [1.29, 1.82) is 0 Å². The molecular formula is C14H23N3O. The lowest BCUT2D eigenvalue weighted by molar-refractivity contribution is 0.0981. The number of nitrogens with zero attached hydrogens (tertiary/aromatic N) is 2. The zero-order valence-electron chi connectivity index (χ0n) is 11.4. The summed E-state index contributed by atoms with van der Waals surface area (Å²) in [5.74, 6) is 0.216. The summed E-state index contributed by atoms with van der Waals surface area (Å²) in [7, 11) is 0. The number of Topliss-reactive ketones (excluding diaryl/α,β-unsaturated/α-hetero) is 1. The summed E-state index contributed by atoms with van der Waals surface area (Å²) >= 11 is 0. The molecule has 0 bridgehead atoms. The Morgan fingerprint density at radius 3 is 2.72 bits per heavy atom. The van der Waals surface area contributed by atoms with Crippen molar-refractivity contribution in [3.05, 3.63) is 17.5 Å². The first-order chi connectivity index (χ1) is 8.63. The molecule has 2 rings (SSSR count). The first-order valence-corrected chi connectivity index (χ1v) is 6.96. The molecule has 0 unspecified atom stereocenters. The lowest BCUT2D eigenvalue weighted by Crippen LogP contribution is -2.28. The van der Waals surface area contributed by atoms with Crippen LogP contribution in [0.15, 0.2) is 6.20 Å². The molecule has 4 heteroatoms. The number of rotatable bonds is 4. The van der Waals surface area contributed by atoms with Crippen molar-refractivity contribution in [3.63, 3.8) is 0 Å². The number of ketones is 1. The third-order valence-electron chi connectivity index (χ3n) is 3.91. The zero-order chi connectivity index (χ0) is 13.1. The molecule has 1 aliphatic rings. The van der Waals surface area contributed by atoms with Crippen molar-refractivity contribution in [1.82, 2.24) is 9.78 Å². The molecule has 1 saturated carbocycles. The van der Waals surface area contributed by atoms with Crippen LogP contribution >= 0.6 is 0 Å². The summed E-state index contributed by atoms with van der Waals surface area (Å²) in [6, 6.07) is 0.770. The minimum atomic E-state index is 0.216. The van der Waals surface area contributed by atoms with Gasteiger partial charge in [0.1, 0.15) is 0 Å². The van der Waals surface area contributed by atoms with E-state index in [9.17, 15) is 4.79 Å². The van der Waals surface area contributed by atoms with Crippen LogP contribution in [0.2, 0.25) is 0 Å². The summed E-state index contributed by atoms with van der Waals surface area (Å²) < 4.78 is 2.04. The van der Waals surface area contributed by atoms with Gasteiger partial charge in [0, 0.05) is 18.2 Å².